The van der Waals surface area contributed by atoms with Gasteiger partial charge in [-0.1, -0.05) is 68.1 Å². The highest BCUT2D eigenvalue weighted by Crippen LogP contribution is 2.36. The van der Waals surface area contributed by atoms with Gasteiger partial charge in [0.1, 0.15) is 5.69 Å². The van der Waals surface area contributed by atoms with Crippen LogP contribution in [0.25, 0.3) is 11.0 Å². The quantitative estimate of drug-likeness (QED) is 0.170. The van der Waals surface area contributed by atoms with E-state index in [0.29, 0.717) is 30.3 Å². The summed E-state index contributed by atoms with van der Waals surface area (Å²) in [5, 5.41) is 35.0. The van der Waals surface area contributed by atoms with Gasteiger partial charge in [0.05, 0.1) is 40.9 Å². The highest BCUT2D eigenvalue weighted by molar-refractivity contribution is 5.94. The summed E-state index contributed by atoms with van der Waals surface area (Å²) in [6, 6.07) is 15.8. The fraction of sp³-hybridized carbons (Fsp3) is 0.429. The average molecular weight is 507 g/mol. The first kappa shape index (κ1) is 26.7. The summed E-state index contributed by atoms with van der Waals surface area (Å²) in [5.74, 6) is -2.29. The van der Waals surface area contributed by atoms with Crippen molar-refractivity contribution in [2.24, 2.45) is 5.92 Å². The van der Waals surface area contributed by atoms with E-state index >= 15 is 0 Å². The summed E-state index contributed by atoms with van der Waals surface area (Å²) >= 11 is 0. The Kier molecular flexibility index (Phi) is 8.81. The number of carbonyl (C=O) groups excluding carboxylic acids is 2. The maximum atomic E-state index is 13.2. The number of para-hydroxylation sites is 2. The summed E-state index contributed by atoms with van der Waals surface area (Å²) in [6.45, 7) is 0. The number of hydroxylamine groups is 1. The largest absolute Gasteiger partial charge is 0.391 e. The van der Waals surface area contributed by atoms with Crippen LogP contribution in [0.3, 0.4) is 0 Å². The summed E-state index contributed by atoms with van der Waals surface area (Å²) in [7, 11) is 0. The number of fused-ring (bicyclic) bond motifs is 1. The predicted molar refractivity (Wildman–Crippen MR) is 138 cm³/mol. The maximum absolute atomic E-state index is 13.2. The van der Waals surface area contributed by atoms with Crippen LogP contribution in [0.4, 0.5) is 0 Å². The normalized spacial score (nSPS) is 17.8. The van der Waals surface area contributed by atoms with Gasteiger partial charge in [-0.25, -0.2) is 10.5 Å². The van der Waals surface area contributed by atoms with Crippen LogP contribution in [0.5, 0.6) is 0 Å². The van der Waals surface area contributed by atoms with Gasteiger partial charge in [0.15, 0.2) is 0 Å². The number of nitrogens with zero attached hydrogens (tertiary/aromatic N) is 2. The summed E-state index contributed by atoms with van der Waals surface area (Å²) in [5.41, 5.74) is 2.54. The van der Waals surface area contributed by atoms with E-state index in [4.69, 9.17) is 0 Å². The first-order valence-electron chi connectivity index (χ1n) is 12.8. The molecule has 9 heteroatoms. The van der Waals surface area contributed by atoms with Crippen molar-refractivity contribution < 1.29 is 25.0 Å². The SMILES string of the molecule is O=C(N[C@@H](Cc1ccccc1)[C@@H](O)C[C@H](C(=O)NO)C1(O)CCCCCC1)c1cnc2ccccc2n1. The molecule has 0 bridgehead atoms. The minimum absolute atomic E-state index is 0.107. The van der Waals surface area contributed by atoms with E-state index in [1.54, 1.807) is 17.6 Å². The molecular weight excluding hydrogens is 472 g/mol. The molecule has 5 N–H and O–H groups in total. The molecule has 9 nitrogen and oxygen atoms in total. The van der Waals surface area contributed by atoms with Crippen LogP contribution < -0.4 is 10.8 Å². The average Bonchev–Trinajstić information content (AvgIpc) is 3.16. The van der Waals surface area contributed by atoms with Crippen LogP contribution in [0.1, 0.15) is 61.0 Å². The fourth-order valence-electron chi connectivity index (χ4n) is 5.20. The van der Waals surface area contributed by atoms with Gasteiger partial charge in [0.25, 0.3) is 5.91 Å². The van der Waals surface area contributed by atoms with E-state index in [1.807, 2.05) is 42.5 Å². The number of hydrogen-bond donors (Lipinski definition) is 5. The van der Waals surface area contributed by atoms with Gasteiger partial charge in [0.2, 0.25) is 5.91 Å². The Labute approximate surface area is 215 Å². The molecule has 0 aliphatic heterocycles. The second-order valence-corrected chi connectivity index (χ2v) is 9.86. The lowest BCUT2D eigenvalue weighted by Crippen LogP contribution is -2.51. The number of nitrogens with one attached hydrogen (secondary N) is 2. The molecule has 3 aromatic rings. The number of aromatic nitrogens is 2. The monoisotopic (exact) mass is 506 g/mol. The van der Waals surface area contributed by atoms with Crippen LogP contribution in [0.15, 0.2) is 60.8 Å². The molecule has 196 valence electrons. The summed E-state index contributed by atoms with van der Waals surface area (Å²) in [4.78, 5) is 34.6. The lowest BCUT2D eigenvalue weighted by Gasteiger charge is -2.36. The van der Waals surface area contributed by atoms with Gasteiger partial charge in [0, 0.05) is 0 Å². The number of aliphatic hydroxyl groups excluding tert-OH is 1. The van der Waals surface area contributed by atoms with E-state index in [1.165, 1.54) is 6.20 Å². The Morgan fingerprint density at radius 2 is 1.59 bits per heavy atom. The highest BCUT2D eigenvalue weighted by Gasteiger charge is 2.43. The molecule has 1 aliphatic rings. The Morgan fingerprint density at radius 3 is 2.27 bits per heavy atom. The van der Waals surface area contributed by atoms with E-state index in [2.05, 4.69) is 15.3 Å². The fourth-order valence-corrected chi connectivity index (χ4v) is 5.20. The standard InChI is InChI=1S/C28H34N4O5/c33-25(17-20(26(34)32-37)28(36)14-8-1-2-9-15-28)23(16-19-10-4-3-5-11-19)31-27(35)24-18-29-21-12-6-7-13-22(21)30-24/h3-7,10-13,18,20,23,25,33,36-37H,1-2,8-9,14-17H2,(H,31,35)(H,32,34)/t20-,23+,25+/m1/s1. The van der Waals surface area contributed by atoms with Crippen molar-refractivity contribution in [3.05, 3.63) is 72.1 Å². The van der Waals surface area contributed by atoms with Crippen LogP contribution >= 0.6 is 0 Å². The predicted octanol–water partition coefficient (Wildman–Crippen LogP) is 2.93. The van der Waals surface area contributed by atoms with Crippen LogP contribution in [0.2, 0.25) is 0 Å². The minimum Gasteiger partial charge on any atom is -0.391 e. The first-order valence-corrected chi connectivity index (χ1v) is 12.8. The molecule has 0 unspecified atom stereocenters. The van der Waals surface area contributed by atoms with E-state index < -0.39 is 35.5 Å². The molecule has 1 aromatic heterocycles. The number of amides is 2. The third-order valence-electron chi connectivity index (χ3n) is 7.28. The Morgan fingerprint density at radius 1 is 0.946 bits per heavy atom. The zero-order valence-electron chi connectivity index (χ0n) is 20.7. The second-order valence-electron chi connectivity index (χ2n) is 9.86. The molecule has 2 aromatic carbocycles. The lowest BCUT2D eigenvalue weighted by atomic mass is 9.76. The third kappa shape index (κ3) is 6.68. The van der Waals surface area contributed by atoms with Crippen molar-refractivity contribution in [1.82, 2.24) is 20.8 Å². The number of aliphatic hydroxyl groups is 2. The van der Waals surface area contributed by atoms with Crippen molar-refractivity contribution >= 4 is 22.8 Å². The number of benzene rings is 2. The lowest BCUT2D eigenvalue weighted by molar-refractivity contribution is -0.147. The van der Waals surface area contributed by atoms with Crippen molar-refractivity contribution in [3.63, 3.8) is 0 Å². The molecule has 37 heavy (non-hydrogen) atoms. The van der Waals surface area contributed by atoms with E-state index in [9.17, 15) is 25.0 Å². The van der Waals surface area contributed by atoms with Gasteiger partial charge in [-0.3, -0.25) is 19.8 Å². The molecule has 1 heterocycles. The van der Waals surface area contributed by atoms with Crippen LogP contribution in [-0.2, 0) is 11.2 Å². The van der Waals surface area contributed by atoms with Gasteiger partial charge < -0.3 is 15.5 Å². The van der Waals surface area contributed by atoms with Gasteiger partial charge in [-0.2, -0.15) is 0 Å². The van der Waals surface area contributed by atoms with Gasteiger partial charge >= 0.3 is 0 Å². The van der Waals surface area contributed by atoms with Crippen LogP contribution in [0, 0.1) is 5.92 Å². The Hall–Kier alpha value is -3.40. The zero-order valence-corrected chi connectivity index (χ0v) is 20.7. The van der Waals surface area contributed by atoms with E-state index in [-0.39, 0.29) is 12.1 Å². The second kappa shape index (κ2) is 12.2. The van der Waals surface area contributed by atoms with Crippen molar-refractivity contribution in [1.29, 1.82) is 0 Å². The van der Waals surface area contributed by atoms with Crippen molar-refractivity contribution in [3.8, 4) is 0 Å². The van der Waals surface area contributed by atoms with Gasteiger partial charge in [-0.05, 0) is 43.4 Å². The Bertz CT molecular complexity index is 1200. The highest BCUT2D eigenvalue weighted by atomic mass is 16.5. The maximum Gasteiger partial charge on any atom is 0.271 e. The van der Waals surface area contributed by atoms with Crippen molar-refractivity contribution in [2.75, 3.05) is 0 Å². The van der Waals surface area contributed by atoms with E-state index in [0.717, 1.165) is 31.2 Å². The molecule has 0 saturated heterocycles. The number of rotatable bonds is 9. The molecule has 4 rings (SSSR count). The first-order chi connectivity index (χ1) is 17.9. The van der Waals surface area contributed by atoms with Crippen molar-refractivity contribution in [2.45, 2.75) is 69.1 Å². The smallest absolute Gasteiger partial charge is 0.271 e. The summed E-state index contributed by atoms with van der Waals surface area (Å²) < 4.78 is 0. The molecule has 1 fully saturated rings. The summed E-state index contributed by atoms with van der Waals surface area (Å²) in [6.07, 6.45) is 4.59. The molecule has 0 spiro atoms. The minimum atomic E-state index is -1.35. The van der Waals surface area contributed by atoms with Crippen LogP contribution in [-0.4, -0.2) is 54.9 Å². The topological polar surface area (TPSA) is 145 Å². The Balaban J connectivity index is 1.58. The molecule has 1 aliphatic carbocycles. The number of carbonyl (C=O) groups is 2. The molecule has 2 amide bonds. The molecular formula is C28H34N4O5. The molecule has 1 saturated carbocycles. The molecule has 3 atom stereocenters. The molecule has 0 radical (unpaired) electrons. The number of hydrogen-bond acceptors (Lipinski definition) is 7. The van der Waals surface area contributed by atoms with Gasteiger partial charge in [-0.15, -0.1) is 0 Å². The zero-order chi connectivity index (χ0) is 26.3. The third-order valence-corrected chi connectivity index (χ3v) is 7.28.